The van der Waals surface area contributed by atoms with Crippen LogP contribution in [0.25, 0.3) is 23.0 Å². The first kappa shape index (κ1) is 12.6. The summed E-state index contributed by atoms with van der Waals surface area (Å²) in [7, 11) is 0. The van der Waals surface area contributed by atoms with Crippen molar-refractivity contribution in [3.05, 3.63) is 47.1 Å². The molecule has 0 saturated carbocycles. The summed E-state index contributed by atoms with van der Waals surface area (Å²) in [6.07, 6.45) is 1.69. The second-order valence-corrected chi connectivity index (χ2v) is 4.74. The van der Waals surface area contributed by atoms with E-state index in [-0.39, 0.29) is 0 Å². The molecule has 0 radical (unpaired) electrons. The van der Waals surface area contributed by atoms with Crippen LogP contribution in [-0.4, -0.2) is 15.1 Å². The van der Waals surface area contributed by atoms with E-state index in [1.54, 1.807) is 24.4 Å². The van der Waals surface area contributed by atoms with Gasteiger partial charge in [-0.15, -0.1) is 0 Å². The molecular formula is C14H11ClN4O. The van der Waals surface area contributed by atoms with Gasteiger partial charge in [-0.2, -0.15) is 4.98 Å². The van der Waals surface area contributed by atoms with Crippen LogP contribution in [-0.2, 0) is 0 Å². The lowest BCUT2D eigenvalue weighted by Gasteiger charge is -1.99. The van der Waals surface area contributed by atoms with Crippen molar-refractivity contribution >= 4 is 17.3 Å². The highest BCUT2D eigenvalue weighted by Crippen LogP contribution is 2.29. The van der Waals surface area contributed by atoms with E-state index >= 15 is 0 Å². The van der Waals surface area contributed by atoms with Crippen molar-refractivity contribution in [3.63, 3.8) is 0 Å². The molecule has 0 unspecified atom stereocenters. The van der Waals surface area contributed by atoms with Gasteiger partial charge in [-0.3, -0.25) is 4.98 Å². The molecule has 3 aromatic rings. The van der Waals surface area contributed by atoms with Gasteiger partial charge in [0.25, 0.3) is 5.89 Å². The van der Waals surface area contributed by atoms with Crippen LogP contribution in [0.2, 0.25) is 5.02 Å². The normalized spacial score (nSPS) is 10.7. The third kappa shape index (κ3) is 2.23. The highest BCUT2D eigenvalue weighted by atomic mass is 35.5. The maximum atomic E-state index is 6.13. The molecule has 0 aliphatic carbocycles. The summed E-state index contributed by atoms with van der Waals surface area (Å²) in [5, 5.41) is 4.42. The first-order valence-electron chi connectivity index (χ1n) is 5.96. The van der Waals surface area contributed by atoms with Crippen LogP contribution in [0, 0.1) is 6.92 Å². The Hall–Kier alpha value is -2.40. The van der Waals surface area contributed by atoms with E-state index in [0.717, 1.165) is 5.56 Å². The van der Waals surface area contributed by atoms with Crippen molar-refractivity contribution in [2.24, 2.45) is 0 Å². The molecule has 2 heterocycles. The zero-order chi connectivity index (χ0) is 14.1. The van der Waals surface area contributed by atoms with E-state index in [9.17, 15) is 0 Å². The number of nitrogen functional groups attached to an aromatic ring is 1. The molecule has 6 heteroatoms. The van der Waals surface area contributed by atoms with Crippen LogP contribution in [0.3, 0.4) is 0 Å². The number of hydrogen-bond acceptors (Lipinski definition) is 5. The Bertz CT molecular complexity index is 769. The minimum atomic E-state index is 0.343. The van der Waals surface area contributed by atoms with Crippen molar-refractivity contribution in [2.75, 3.05) is 5.73 Å². The maximum Gasteiger partial charge on any atom is 0.259 e. The van der Waals surface area contributed by atoms with Gasteiger partial charge in [0.15, 0.2) is 0 Å². The first-order valence-corrected chi connectivity index (χ1v) is 6.34. The predicted molar refractivity (Wildman–Crippen MR) is 77.1 cm³/mol. The van der Waals surface area contributed by atoms with E-state index in [0.29, 0.717) is 33.7 Å². The summed E-state index contributed by atoms with van der Waals surface area (Å²) in [6, 6.07) is 8.93. The standard InChI is InChI=1S/C14H11ClN4O/c1-8-3-2-6-17-12(8)13-18-14(20-19-13)10-5-4-9(16)7-11(10)15/h2-7H,16H2,1H3. The van der Waals surface area contributed by atoms with E-state index in [1.807, 2.05) is 19.1 Å². The lowest BCUT2D eigenvalue weighted by atomic mass is 10.2. The summed E-state index contributed by atoms with van der Waals surface area (Å²) >= 11 is 6.13. The quantitative estimate of drug-likeness (QED) is 0.731. The summed E-state index contributed by atoms with van der Waals surface area (Å²) in [5.41, 5.74) is 8.55. The van der Waals surface area contributed by atoms with Gasteiger partial charge in [-0.1, -0.05) is 22.8 Å². The highest BCUT2D eigenvalue weighted by Gasteiger charge is 2.15. The number of aryl methyl sites for hydroxylation is 1. The highest BCUT2D eigenvalue weighted by molar-refractivity contribution is 6.33. The second-order valence-electron chi connectivity index (χ2n) is 4.33. The minimum Gasteiger partial charge on any atom is -0.399 e. The maximum absolute atomic E-state index is 6.13. The van der Waals surface area contributed by atoms with Gasteiger partial charge >= 0.3 is 0 Å². The zero-order valence-electron chi connectivity index (χ0n) is 10.7. The van der Waals surface area contributed by atoms with Crippen LogP contribution in [0.1, 0.15) is 5.56 Å². The molecule has 20 heavy (non-hydrogen) atoms. The Labute approximate surface area is 120 Å². The lowest BCUT2D eigenvalue weighted by molar-refractivity contribution is 0.432. The van der Waals surface area contributed by atoms with Gasteiger partial charge in [-0.25, -0.2) is 0 Å². The molecule has 0 bridgehead atoms. The monoisotopic (exact) mass is 286 g/mol. The Morgan fingerprint density at radius 3 is 2.85 bits per heavy atom. The Morgan fingerprint density at radius 1 is 1.25 bits per heavy atom. The molecule has 3 rings (SSSR count). The molecule has 0 fully saturated rings. The van der Waals surface area contributed by atoms with Crippen molar-refractivity contribution in [3.8, 4) is 23.0 Å². The molecule has 0 saturated heterocycles. The fourth-order valence-corrected chi connectivity index (χ4v) is 2.12. The van der Waals surface area contributed by atoms with E-state index in [1.165, 1.54) is 0 Å². The summed E-state index contributed by atoms with van der Waals surface area (Å²) in [5.74, 6) is 0.779. The van der Waals surface area contributed by atoms with Gasteiger partial charge in [0.2, 0.25) is 5.82 Å². The zero-order valence-corrected chi connectivity index (χ0v) is 11.4. The Kier molecular flexibility index (Phi) is 3.12. The van der Waals surface area contributed by atoms with Crippen LogP contribution in [0.15, 0.2) is 41.1 Å². The minimum absolute atomic E-state index is 0.343. The molecule has 2 aromatic heterocycles. The predicted octanol–water partition coefficient (Wildman–Crippen LogP) is 3.34. The molecule has 1 aromatic carbocycles. The third-order valence-electron chi connectivity index (χ3n) is 2.87. The second kappa shape index (κ2) is 4.94. The molecule has 0 spiro atoms. The SMILES string of the molecule is Cc1cccnc1-c1noc(-c2ccc(N)cc2Cl)n1. The number of benzene rings is 1. The first-order chi connectivity index (χ1) is 9.65. The molecule has 5 nitrogen and oxygen atoms in total. The number of halogens is 1. The van der Waals surface area contributed by atoms with Crippen molar-refractivity contribution < 1.29 is 4.52 Å². The molecule has 0 atom stereocenters. The summed E-state index contributed by atoms with van der Waals surface area (Å²) < 4.78 is 5.25. The van der Waals surface area contributed by atoms with Crippen LogP contribution < -0.4 is 5.73 Å². The van der Waals surface area contributed by atoms with Gasteiger partial charge in [-0.05, 0) is 36.8 Å². The molecule has 0 aliphatic rings. The molecule has 2 N–H and O–H groups in total. The lowest BCUT2D eigenvalue weighted by Crippen LogP contribution is -1.89. The molecule has 100 valence electrons. The summed E-state index contributed by atoms with van der Waals surface area (Å²) in [6.45, 7) is 1.94. The topological polar surface area (TPSA) is 77.8 Å². The van der Waals surface area contributed by atoms with Crippen molar-refractivity contribution in [2.45, 2.75) is 6.92 Å². The van der Waals surface area contributed by atoms with Crippen molar-refractivity contribution in [1.29, 1.82) is 0 Å². The van der Waals surface area contributed by atoms with Gasteiger partial charge in [0.1, 0.15) is 5.69 Å². The fourth-order valence-electron chi connectivity index (χ4n) is 1.85. The number of pyridine rings is 1. The Morgan fingerprint density at radius 2 is 2.10 bits per heavy atom. The van der Waals surface area contributed by atoms with E-state index in [4.69, 9.17) is 21.9 Å². The number of hydrogen-bond donors (Lipinski definition) is 1. The van der Waals surface area contributed by atoms with Gasteiger partial charge in [0, 0.05) is 11.9 Å². The molecule has 0 amide bonds. The van der Waals surface area contributed by atoms with Crippen LogP contribution >= 0.6 is 11.6 Å². The number of nitrogens with zero attached hydrogens (tertiary/aromatic N) is 3. The molecular weight excluding hydrogens is 276 g/mol. The third-order valence-corrected chi connectivity index (χ3v) is 3.18. The van der Waals surface area contributed by atoms with Crippen molar-refractivity contribution in [1.82, 2.24) is 15.1 Å². The molecule has 0 aliphatic heterocycles. The van der Waals surface area contributed by atoms with E-state index in [2.05, 4.69) is 15.1 Å². The smallest absolute Gasteiger partial charge is 0.259 e. The number of aromatic nitrogens is 3. The van der Waals surface area contributed by atoms with Gasteiger partial charge in [0.05, 0.1) is 10.6 Å². The number of nitrogens with two attached hydrogens (primary N) is 1. The van der Waals surface area contributed by atoms with Crippen LogP contribution in [0.5, 0.6) is 0 Å². The fraction of sp³-hybridized carbons (Fsp3) is 0.0714. The average molecular weight is 287 g/mol. The number of anilines is 1. The summed E-state index contributed by atoms with van der Waals surface area (Å²) in [4.78, 5) is 8.59. The number of rotatable bonds is 2. The van der Waals surface area contributed by atoms with E-state index < -0.39 is 0 Å². The Balaban J connectivity index is 2.04. The average Bonchev–Trinajstić information content (AvgIpc) is 2.88. The largest absolute Gasteiger partial charge is 0.399 e. The van der Waals surface area contributed by atoms with Gasteiger partial charge < -0.3 is 10.3 Å². The van der Waals surface area contributed by atoms with Crippen LogP contribution in [0.4, 0.5) is 5.69 Å².